The molecule has 2 aromatic carbocycles. The summed E-state index contributed by atoms with van der Waals surface area (Å²) >= 11 is 0. The summed E-state index contributed by atoms with van der Waals surface area (Å²) in [5.41, 5.74) is 4.89. The van der Waals surface area contributed by atoms with Gasteiger partial charge in [-0.2, -0.15) is 0 Å². The van der Waals surface area contributed by atoms with Crippen molar-refractivity contribution in [2.24, 2.45) is 0 Å². The van der Waals surface area contributed by atoms with Crippen molar-refractivity contribution in [3.8, 4) is 17.0 Å². The number of nitrogens with zero attached hydrogens (tertiary/aromatic N) is 4. The molecule has 1 N–H and O–H groups in total. The minimum Gasteiger partial charge on any atom is -0.492 e. The molecular weight excluding hydrogens is 474 g/mol. The molecule has 0 amide bonds. The van der Waals surface area contributed by atoms with E-state index in [9.17, 15) is 0 Å². The van der Waals surface area contributed by atoms with Gasteiger partial charge in [0.15, 0.2) is 0 Å². The highest BCUT2D eigenvalue weighted by Crippen LogP contribution is 2.28. The van der Waals surface area contributed by atoms with E-state index >= 15 is 0 Å². The molecule has 0 bridgehead atoms. The highest BCUT2D eigenvalue weighted by atomic mass is 16.5. The first-order valence-corrected chi connectivity index (χ1v) is 13.2. The van der Waals surface area contributed by atoms with Gasteiger partial charge in [0.2, 0.25) is 5.95 Å². The van der Waals surface area contributed by atoms with Crippen LogP contribution in [0.15, 0.2) is 86.2 Å². The second kappa shape index (κ2) is 12.5. The Morgan fingerprint density at radius 2 is 1.89 bits per heavy atom. The van der Waals surface area contributed by atoms with Crippen molar-refractivity contribution in [3.05, 3.63) is 91.8 Å². The molecule has 38 heavy (non-hydrogen) atoms. The van der Waals surface area contributed by atoms with E-state index in [0.29, 0.717) is 25.8 Å². The first kappa shape index (κ1) is 25.7. The largest absolute Gasteiger partial charge is 0.492 e. The normalized spacial score (nSPS) is 13.6. The van der Waals surface area contributed by atoms with Gasteiger partial charge >= 0.3 is 0 Å². The average Bonchev–Trinajstić information content (AvgIpc) is 3.60. The van der Waals surface area contributed by atoms with Crippen molar-refractivity contribution in [1.29, 1.82) is 0 Å². The van der Waals surface area contributed by atoms with Crippen LogP contribution in [0.1, 0.15) is 18.4 Å². The molecule has 0 aliphatic carbocycles. The minimum absolute atomic E-state index is 0.436. The lowest BCUT2D eigenvalue weighted by atomic mass is 10.1. The van der Waals surface area contributed by atoms with Crippen molar-refractivity contribution >= 4 is 22.5 Å². The molecule has 7 heteroatoms. The number of allylic oxidation sites excluding steroid dienone is 1. The van der Waals surface area contributed by atoms with Crippen LogP contribution in [0.3, 0.4) is 0 Å². The first-order valence-electron chi connectivity index (χ1n) is 13.2. The van der Waals surface area contributed by atoms with Crippen LogP contribution in [0.5, 0.6) is 5.75 Å². The van der Waals surface area contributed by atoms with Gasteiger partial charge in [-0.1, -0.05) is 24.3 Å². The molecule has 3 heterocycles. The molecule has 0 atom stereocenters. The third-order valence-electron chi connectivity index (χ3n) is 6.72. The monoisotopic (exact) mass is 509 g/mol. The van der Waals surface area contributed by atoms with Crippen LogP contribution in [-0.2, 0) is 17.9 Å². The van der Waals surface area contributed by atoms with Crippen molar-refractivity contribution in [2.45, 2.75) is 26.0 Å². The highest BCUT2D eigenvalue weighted by Gasteiger charge is 2.13. The molecule has 1 aliphatic rings. The topological polar surface area (TPSA) is 64.4 Å². The average molecular weight is 510 g/mol. The zero-order valence-electron chi connectivity index (χ0n) is 21.8. The third kappa shape index (κ3) is 6.30. The Hall–Kier alpha value is -3.94. The van der Waals surface area contributed by atoms with Crippen LogP contribution in [0.25, 0.3) is 22.2 Å². The van der Waals surface area contributed by atoms with Crippen LogP contribution < -0.4 is 10.1 Å². The van der Waals surface area contributed by atoms with E-state index in [1.807, 2.05) is 30.3 Å². The van der Waals surface area contributed by atoms with E-state index in [4.69, 9.17) is 14.5 Å². The Balaban J connectivity index is 1.32. The van der Waals surface area contributed by atoms with Gasteiger partial charge in [0.05, 0.1) is 18.9 Å². The number of nitrogens with one attached hydrogen (secondary N) is 1. The molecule has 1 saturated heterocycles. The van der Waals surface area contributed by atoms with E-state index in [1.54, 1.807) is 12.3 Å². The van der Waals surface area contributed by atoms with Gasteiger partial charge in [-0.15, -0.1) is 13.2 Å². The number of benzene rings is 2. The smallest absolute Gasteiger partial charge is 0.227 e. The predicted octanol–water partition coefficient (Wildman–Crippen LogP) is 6.21. The second-order valence-electron chi connectivity index (χ2n) is 9.44. The Labute approximate surface area is 224 Å². The fraction of sp³-hybridized carbons (Fsp3) is 0.290. The number of ether oxygens (including phenoxy) is 2. The molecule has 5 rings (SSSR count). The fourth-order valence-corrected chi connectivity index (χ4v) is 4.80. The molecule has 1 aliphatic heterocycles. The van der Waals surface area contributed by atoms with E-state index in [-0.39, 0.29) is 0 Å². The number of rotatable bonds is 13. The summed E-state index contributed by atoms with van der Waals surface area (Å²) < 4.78 is 14.1. The molecule has 0 spiro atoms. The number of fused-ring (bicyclic) bond motifs is 1. The lowest BCUT2D eigenvalue weighted by Crippen LogP contribution is -2.25. The Kier molecular flexibility index (Phi) is 8.48. The molecule has 2 aromatic heterocycles. The number of anilines is 2. The number of hydrogen-bond donors (Lipinski definition) is 1. The van der Waals surface area contributed by atoms with Gasteiger partial charge in [-0.3, -0.25) is 4.90 Å². The molecule has 4 aromatic rings. The quantitative estimate of drug-likeness (QED) is 0.171. The van der Waals surface area contributed by atoms with Gasteiger partial charge in [0.25, 0.3) is 0 Å². The summed E-state index contributed by atoms with van der Waals surface area (Å²) in [5, 5.41) is 4.55. The lowest BCUT2D eigenvalue weighted by molar-refractivity contribution is 0.144. The maximum atomic E-state index is 6.15. The summed E-state index contributed by atoms with van der Waals surface area (Å²) in [5.74, 6) is 1.37. The van der Waals surface area contributed by atoms with Crippen molar-refractivity contribution in [3.63, 3.8) is 0 Å². The van der Waals surface area contributed by atoms with E-state index < -0.39 is 0 Å². The summed E-state index contributed by atoms with van der Waals surface area (Å²) in [7, 11) is 0. The zero-order chi connectivity index (χ0) is 26.2. The van der Waals surface area contributed by atoms with Crippen molar-refractivity contribution in [1.82, 2.24) is 19.4 Å². The van der Waals surface area contributed by atoms with Crippen LogP contribution in [-0.4, -0.2) is 52.3 Å². The fourth-order valence-electron chi connectivity index (χ4n) is 4.80. The second-order valence-corrected chi connectivity index (χ2v) is 9.44. The summed E-state index contributed by atoms with van der Waals surface area (Å²) in [6, 6.07) is 16.4. The van der Waals surface area contributed by atoms with Gasteiger partial charge in [-0.25, -0.2) is 9.97 Å². The highest BCUT2D eigenvalue weighted by molar-refractivity contribution is 5.85. The predicted molar refractivity (Wildman–Crippen MR) is 154 cm³/mol. The SMILES string of the molecule is C=CCOCc1cc(Nc2nccc(-c3ccc4ccn(CC=C)c4c3)n2)ccc1OCCN1CCCC1. The Bertz CT molecular complexity index is 1390. The summed E-state index contributed by atoms with van der Waals surface area (Å²) in [6.07, 6.45) is 10.1. The van der Waals surface area contributed by atoms with Gasteiger partial charge in [0, 0.05) is 47.8 Å². The standard InChI is InChI=1S/C31H35N5O2/c1-3-14-36-17-12-24-7-8-25(22-29(24)36)28-11-13-32-31(34-28)33-27-9-10-30(26(21-27)23-37-19-4-2)38-20-18-35-15-5-6-16-35/h3-4,7-13,17,21-22H,1-2,5-6,14-16,18-20,23H2,(H,32,33,34). The number of likely N-dealkylation sites (tertiary alicyclic amines) is 1. The molecule has 196 valence electrons. The summed E-state index contributed by atoms with van der Waals surface area (Å²) in [6.45, 7) is 13.2. The van der Waals surface area contributed by atoms with E-state index in [0.717, 1.165) is 60.0 Å². The van der Waals surface area contributed by atoms with Crippen LogP contribution in [0, 0.1) is 0 Å². The third-order valence-corrected chi connectivity index (χ3v) is 6.72. The van der Waals surface area contributed by atoms with Crippen LogP contribution in [0.2, 0.25) is 0 Å². The number of hydrogen-bond acceptors (Lipinski definition) is 6. The van der Waals surface area contributed by atoms with Gasteiger partial charge < -0.3 is 19.4 Å². The molecule has 0 unspecified atom stereocenters. The van der Waals surface area contributed by atoms with E-state index in [1.165, 1.54) is 18.2 Å². The van der Waals surface area contributed by atoms with Crippen molar-refractivity contribution in [2.75, 3.05) is 38.2 Å². The first-order chi connectivity index (χ1) is 18.7. The molecule has 0 radical (unpaired) electrons. The molecule has 0 saturated carbocycles. The Morgan fingerprint density at radius 1 is 1.00 bits per heavy atom. The maximum absolute atomic E-state index is 6.15. The Morgan fingerprint density at radius 3 is 2.74 bits per heavy atom. The maximum Gasteiger partial charge on any atom is 0.227 e. The number of aromatic nitrogens is 3. The van der Waals surface area contributed by atoms with Crippen LogP contribution in [0.4, 0.5) is 11.6 Å². The van der Waals surface area contributed by atoms with Crippen molar-refractivity contribution < 1.29 is 9.47 Å². The molecule has 7 nitrogen and oxygen atoms in total. The van der Waals surface area contributed by atoms with Crippen LogP contribution >= 0.6 is 0 Å². The zero-order valence-corrected chi connectivity index (χ0v) is 21.8. The lowest BCUT2D eigenvalue weighted by Gasteiger charge is -2.17. The minimum atomic E-state index is 0.436. The van der Waals surface area contributed by atoms with Gasteiger partial charge in [-0.05, 0) is 67.7 Å². The molecular formula is C31H35N5O2. The van der Waals surface area contributed by atoms with Gasteiger partial charge in [0.1, 0.15) is 12.4 Å². The molecule has 1 fully saturated rings. The van der Waals surface area contributed by atoms with E-state index in [2.05, 4.69) is 63.4 Å². The summed E-state index contributed by atoms with van der Waals surface area (Å²) in [4.78, 5) is 11.7.